The average Bonchev–Trinajstić information content (AvgIpc) is 2.34. The summed E-state index contributed by atoms with van der Waals surface area (Å²) in [6.45, 7) is 0.901. The van der Waals surface area contributed by atoms with Crippen molar-refractivity contribution in [1.29, 1.82) is 0 Å². The molecule has 0 aliphatic rings. The van der Waals surface area contributed by atoms with Gasteiger partial charge in [0.25, 0.3) is 0 Å². The largest absolute Gasteiger partial charge is 0.497 e. The van der Waals surface area contributed by atoms with E-state index in [1.807, 2.05) is 31.3 Å². The molecule has 0 bridgehead atoms. The van der Waals surface area contributed by atoms with Crippen molar-refractivity contribution in [2.45, 2.75) is 6.42 Å². The summed E-state index contributed by atoms with van der Waals surface area (Å²) in [5, 5.41) is 3.05. The number of carbonyl (C=O) groups is 1. The molecule has 17 heavy (non-hydrogen) atoms. The van der Waals surface area contributed by atoms with Crippen LogP contribution in [-0.2, 0) is 0 Å². The summed E-state index contributed by atoms with van der Waals surface area (Å²) >= 11 is 0. The summed E-state index contributed by atoms with van der Waals surface area (Å²) in [5.74, 6) is 0.184. The van der Waals surface area contributed by atoms with Gasteiger partial charge in [-0.05, 0) is 37.7 Å². The maximum Gasteiger partial charge on any atom is 0.249 e. The molecular formula is C13H18N2O2. The summed E-state index contributed by atoms with van der Waals surface area (Å²) in [6, 6.07) is 5.29. The van der Waals surface area contributed by atoms with Gasteiger partial charge in [0, 0.05) is 5.56 Å². The Hall–Kier alpha value is -1.81. The third kappa shape index (κ3) is 3.92. The summed E-state index contributed by atoms with van der Waals surface area (Å²) in [5.41, 5.74) is 6.62. The van der Waals surface area contributed by atoms with Crippen LogP contribution in [-0.4, -0.2) is 26.6 Å². The number of rotatable bonds is 6. The first-order chi connectivity index (χ1) is 8.19. The van der Waals surface area contributed by atoms with E-state index >= 15 is 0 Å². The molecule has 0 saturated carbocycles. The molecule has 0 aliphatic carbocycles. The molecule has 0 heterocycles. The van der Waals surface area contributed by atoms with Crippen molar-refractivity contribution >= 4 is 12.0 Å². The van der Waals surface area contributed by atoms with E-state index in [4.69, 9.17) is 10.5 Å². The smallest absolute Gasteiger partial charge is 0.249 e. The number of hydrogen-bond acceptors (Lipinski definition) is 3. The van der Waals surface area contributed by atoms with Gasteiger partial charge in [-0.1, -0.05) is 18.2 Å². The van der Waals surface area contributed by atoms with Crippen LogP contribution in [0.25, 0.3) is 6.08 Å². The molecule has 0 radical (unpaired) electrons. The van der Waals surface area contributed by atoms with Gasteiger partial charge >= 0.3 is 0 Å². The lowest BCUT2D eigenvalue weighted by Gasteiger charge is -2.05. The van der Waals surface area contributed by atoms with Crippen LogP contribution >= 0.6 is 0 Å². The summed E-state index contributed by atoms with van der Waals surface area (Å²) in [6.07, 6.45) is 4.81. The number of nitrogens with two attached hydrogens (primary N) is 1. The molecule has 3 N–H and O–H groups in total. The highest BCUT2D eigenvalue weighted by molar-refractivity contribution is 5.97. The third-order valence-corrected chi connectivity index (χ3v) is 2.38. The maximum absolute atomic E-state index is 11.3. The Bertz CT molecular complexity index is 414. The van der Waals surface area contributed by atoms with Crippen molar-refractivity contribution in [3.8, 4) is 5.75 Å². The number of benzene rings is 1. The van der Waals surface area contributed by atoms with Crippen molar-refractivity contribution in [3.05, 3.63) is 35.4 Å². The Kier molecular flexibility index (Phi) is 5.23. The van der Waals surface area contributed by atoms with Gasteiger partial charge < -0.3 is 15.8 Å². The lowest BCUT2D eigenvalue weighted by atomic mass is 10.1. The maximum atomic E-state index is 11.3. The van der Waals surface area contributed by atoms with Gasteiger partial charge in [0.2, 0.25) is 5.91 Å². The number of ether oxygens (including phenoxy) is 1. The van der Waals surface area contributed by atoms with Gasteiger partial charge in [0.15, 0.2) is 0 Å². The minimum absolute atomic E-state index is 0.447. The average molecular weight is 234 g/mol. The van der Waals surface area contributed by atoms with E-state index in [1.54, 1.807) is 13.2 Å². The summed E-state index contributed by atoms with van der Waals surface area (Å²) in [7, 11) is 3.46. The van der Waals surface area contributed by atoms with Crippen LogP contribution < -0.4 is 15.8 Å². The van der Waals surface area contributed by atoms with Crippen molar-refractivity contribution < 1.29 is 9.53 Å². The predicted molar refractivity (Wildman–Crippen MR) is 69.1 cm³/mol. The Morgan fingerprint density at radius 2 is 2.29 bits per heavy atom. The quantitative estimate of drug-likeness (QED) is 0.732. The summed E-state index contributed by atoms with van der Waals surface area (Å²) < 4.78 is 5.06. The van der Waals surface area contributed by atoms with E-state index < -0.39 is 5.91 Å². The minimum Gasteiger partial charge on any atom is -0.497 e. The van der Waals surface area contributed by atoms with Crippen LogP contribution in [0.4, 0.5) is 0 Å². The van der Waals surface area contributed by atoms with Gasteiger partial charge in [-0.25, -0.2) is 0 Å². The van der Waals surface area contributed by atoms with E-state index in [2.05, 4.69) is 5.32 Å². The lowest BCUT2D eigenvalue weighted by molar-refractivity contribution is 0.1000. The number of nitrogens with one attached hydrogen (secondary N) is 1. The van der Waals surface area contributed by atoms with Crippen molar-refractivity contribution in [3.63, 3.8) is 0 Å². The highest BCUT2D eigenvalue weighted by Gasteiger charge is 2.07. The molecule has 1 rings (SSSR count). The highest BCUT2D eigenvalue weighted by atomic mass is 16.5. The highest BCUT2D eigenvalue weighted by Crippen LogP contribution is 2.18. The fraction of sp³-hybridized carbons (Fsp3) is 0.308. The fourth-order valence-corrected chi connectivity index (χ4v) is 1.46. The monoisotopic (exact) mass is 234 g/mol. The number of carbonyl (C=O) groups excluding carboxylic acids is 1. The van der Waals surface area contributed by atoms with Crippen molar-refractivity contribution in [2.75, 3.05) is 20.7 Å². The first-order valence-corrected chi connectivity index (χ1v) is 5.48. The molecule has 0 unspecified atom stereocenters. The molecule has 1 aromatic rings. The number of hydrogen-bond donors (Lipinski definition) is 2. The van der Waals surface area contributed by atoms with Crippen LogP contribution in [0.15, 0.2) is 24.3 Å². The molecule has 0 aromatic heterocycles. The molecule has 4 nitrogen and oxygen atoms in total. The first kappa shape index (κ1) is 13.3. The molecule has 0 atom stereocenters. The Morgan fingerprint density at radius 1 is 1.53 bits per heavy atom. The SMILES string of the molecule is CNCCC=Cc1ccc(OC)cc1C(N)=O. The van der Waals surface area contributed by atoms with Crippen LogP contribution in [0.2, 0.25) is 0 Å². The Balaban J connectivity index is 2.90. The fourth-order valence-electron chi connectivity index (χ4n) is 1.46. The molecule has 0 spiro atoms. The minimum atomic E-state index is -0.447. The summed E-state index contributed by atoms with van der Waals surface area (Å²) in [4.78, 5) is 11.3. The second-order valence-electron chi connectivity index (χ2n) is 3.61. The second-order valence-corrected chi connectivity index (χ2v) is 3.61. The topological polar surface area (TPSA) is 64.3 Å². The van der Waals surface area contributed by atoms with Crippen LogP contribution in [0.5, 0.6) is 5.75 Å². The van der Waals surface area contributed by atoms with Gasteiger partial charge in [0.05, 0.1) is 7.11 Å². The van der Waals surface area contributed by atoms with Crippen LogP contribution in [0.1, 0.15) is 22.3 Å². The van der Waals surface area contributed by atoms with E-state index in [0.29, 0.717) is 11.3 Å². The Morgan fingerprint density at radius 3 is 2.88 bits per heavy atom. The van der Waals surface area contributed by atoms with Gasteiger partial charge in [0.1, 0.15) is 5.75 Å². The van der Waals surface area contributed by atoms with Gasteiger partial charge in [-0.3, -0.25) is 4.79 Å². The third-order valence-electron chi connectivity index (χ3n) is 2.38. The zero-order chi connectivity index (χ0) is 12.7. The van der Waals surface area contributed by atoms with Crippen molar-refractivity contribution in [1.82, 2.24) is 5.32 Å². The van der Waals surface area contributed by atoms with Gasteiger partial charge in [-0.15, -0.1) is 0 Å². The molecule has 92 valence electrons. The van der Waals surface area contributed by atoms with E-state index in [9.17, 15) is 4.79 Å². The molecule has 0 aliphatic heterocycles. The normalized spacial score (nSPS) is 10.7. The zero-order valence-electron chi connectivity index (χ0n) is 10.2. The van der Waals surface area contributed by atoms with Crippen LogP contribution in [0, 0.1) is 0 Å². The number of amides is 1. The predicted octanol–water partition coefficient (Wildman–Crippen LogP) is 1.42. The standard InChI is InChI=1S/C13H18N2O2/c1-15-8-4-3-5-10-6-7-11(17-2)9-12(10)13(14)16/h3,5-7,9,15H,4,8H2,1-2H3,(H2,14,16). The second kappa shape index (κ2) is 6.70. The molecule has 1 amide bonds. The molecule has 4 heteroatoms. The van der Waals surface area contributed by atoms with Gasteiger partial charge in [-0.2, -0.15) is 0 Å². The van der Waals surface area contributed by atoms with Crippen LogP contribution in [0.3, 0.4) is 0 Å². The van der Waals surface area contributed by atoms with E-state index in [1.165, 1.54) is 0 Å². The first-order valence-electron chi connectivity index (χ1n) is 5.48. The molecule has 0 saturated heterocycles. The Labute approximate surface area is 101 Å². The molecule has 0 fully saturated rings. The molecule has 1 aromatic carbocycles. The lowest BCUT2D eigenvalue weighted by Crippen LogP contribution is -2.12. The number of primary amides is 1. The molecular weight excluding hydrogens is 216 g/mol. The zero-order valence-corrected chi connectivity index (χ0v) is 10.2. The van der Waals surface area contributed by atoms with E-state index in [-0.39, 0.29) is 0 Å². The number of methoxy groups -OCH3 is 1. The van der Waals surface area contributed by atoms with E-state index in [0.717, 1.165) is 18.5 Å². The van der Waals surface area contributed by atoms with Crippen molar-refractivity contribution in [2.24, 2.45) is 5.73 Å².